The molecule has 0 spiro atoms. The number of hydrazine groups is 1. The van der Waals surface area contributed by atoms with Gasteiger partial charge in [-0.1, -0.05) is 17.6 Å². The number of sulfonamides is 1. The van der Waals surface area contributed by atoms with Crippen molar-refractivity contribution in [2.45, 2.75) is 56.9 Å². The first-order valence-electron chi connectivity index (χ1n) is 13.0. The number of ether oxygens (including phenoxy) is 1. The smallest absolute Gasteiger partial charge is 0.306 e. The summed E-state index contributed by atoms with van der Waals surface area (Å²) in [7, 11) is -4.17. The van der Waals surface area contributed by atoms with Gasteiger partial charge in [0.05, 0.1) is 12.1 Å². The first-order valence-corrected chi connectivity index (χ1v) is 14.5. The van der Waals surface area contributed by atoms with Crippen LogP contribution in [0.15, 0.2) is 40.4 Å². The molecule has 1 aromatic heterocycles. The van der Waals surface area contributed by atoms with Gasteiger partial charge in [0.25, 0.3) is 5.96 Å². The molecule has 0 saturated carbocycles. The first-order chi connectivity index (χ1) is 19.0. The number of aliphatic imine (C=N–C) groups is 1. The summed E-state index contributed by atoms with van der Waals surface area (Å²) in [5, 5.41) is 10.3. The molecule has 4 N–H and O–H groups in total. The number of carbonyl (C=O) groups excluding carboxylic acids is 2. The van der Waals surface area contributed by atoms with E-state index in [1.165, 1.54) is 6.07 Å². The van der Waals surface area contributed by atoms with Crippen molar-refractivity contribution in [3.05, 3.63) is 46.1 Å². The fourth-order valence-corrected chi connectivity index (χ4v) is 6.00. The number of nitrogens with two attached hydrogens (primary N) is 1. The average Bonchev–Trinajstić information content (AvgIpc) is 2.89. The van der Waals surface area contributed by atoms with E-state index >= 15 is 0 Å². The molecule has 0 unspecified atom stereocenters. The quantitative estimate of drug-likeness (QED) is 0.0824. The Balaban J connectivity index is 1.76. The summed E-state index contributed by atoms with van der Waals surface area (Å²) in [6, 6.07) is 5.52. The van der Waals surface area contributed by atoms with Crippen molar-refractivity contribution >= 4 is 38.8 Å². The van der Waals surface area contributed by atoms with E-state index < -0.39 is 33.0 Å². The van der Waals surface area contributed by atoms with Gasteiger partial charge in [0.15, 0.2) is 5.03 Å². The fourth-order valence-electron chi connectivity index (χ4n) is 4.60. The molecule has 1 saturated heterocycles. The maximum atomic E-state index is 13.6. The van der Waals surface area contributed by atoms with E-state index in [1.807, 2.05) is 13.0 Å². The molecule has 40 heavy (non-hydrogen) atoms. The SMILES string of the molecule is CCOC(=O)CC1CCN(C(=O)[C@H](CCCN=C(N)N[N+](=O)[O-])NS(=O)(=O)c2cccc3cc(C)cnc23)CC1. The van der Waals surface area contributed by atoms with Gasteiger partial charge in [-0.25, -0.2) is 23.5 Å². The number of amides is 1. The number of fused-ring (bicyclic) bond motifs is 1. The lowest BCUT2D eigenvalue weighted by atomic mass is 9.93. The minimum atomic E-state index is -4.17. The Morgan fingerprint density at radius 3 is 2.73 bits per heavy atom. The molecule has 1 atom stereocenters. The van der Waals surface area contributed by atoms with Crippen LogP contribution in [0.1, 0.15) is 44.6 Å². The monoisotopic (exact) mass is 577 g/mol. The molecule has 0 aliphatic carbocycles. The molecule has 1 aliphatic heterocycles. The third kappa shape index (κ3) is 8.58. The van der Waals surface area contributed by atoms with Gasteiger partial charge in [-0.3, -0.25) is 14.6 Å². The Morgan fingerprint density at radius 2 is 2.05 bits per heavy atom. The van der Waals surface area contributed by atoms with Gasteiger partial charge < -0.3 is 15.4 Å². The number of hydrogen-bond donors (Lipinski definition) is 3. The predicted molar refractivity (Wildman–Crippen MR) is 147 cm³/mol. The number of nitrogens with one attached hydrogen (secondary N) is 2. The van der Waals surface area contributed by atoms with E-state index in [4.69, 9.17) is 10.5 Å². The number of carbonyl (C=O) groups is 2. The average molecular weight is 578 g/mol. The summed E-state index contributed by atoms with van der Waals surface area (Å²) in [5.41, 5.74) is 8.34. The van der Waals surface area contributed by atoms with Crippen molar-refractivity contribution in [1.29, 1.82) is 0 Å². The number of aromatic nitrogens is 1. The summed E-state index contributed by atoms with van der Waals surface area (Å²) >= 11 is 0. The highest BCUT2D eigenvalue weighted by atomic mass is 32.2. The number of benzene rings is 1. The van der Waals surface area contributed by atoms with Crippen LogP contribution in [-0.2, 0) is 24.3 Å². The minimum Gasteiger partial charge on any atom is -0.466 e. The van der Waals surface area contributed by atoms with E-state index in [-0.39, 0.29) is 48.1 Å². The van der Waals surface area contributed by atoms with E-state index in [0.717, 1.165) is 5.56 Å². The number of para-hydroxylation sites is 1. The second kappa shape index (κ2) is 14.0. The molecule has 1 fully saturated rings. The van der Waals surface area contributed by atoms with Crippen LogP contribution in [0.25, 0.3) is 10.9 Å². The number of likely N-dealkylation sites (tertiary alicyclic amines) is 1. The van der Waals surface area contributed by atoms with E-state index in [9.17, 15) is 28.1 Å². The van der Waals surface area contributed by atoms with Gasteiger partial charge in [0.2, 0.25) is 15.9 Å². The number of nitro groups is 1. The molecule has 1 amide bonds. The van der Waals surface area contributed by atoms with Crippen LogP contribution in [-0.4, -0.2) is 73.5 Å². The summed E-state index contributed by atoms with van der Waals surface area (Å²) in [6.07, 6.45) is 3.33. The van der Waals surface area contributed by atoms with Crippen molar-refractivity contribution in [3.8, 4) is 0 Å². The number of rotatable bonds is 12. The number of pyridine rings is 1. The predicted octanol–water partition coefficient (Wildman–Crippen LogP) is 1.26. The van der Waals surface area contributed by atoms with Gasteiger partial charge in [-0.2, -0.15) is 4.72 Å². The largest absolute Gasteiger partial charge is 0.466 e. The van der Waals surface area contributed by atoms with Crippen LogP contribution in [0.4, 0.5) is 0 Å². The Hall–Kier alpha value is -3.85. The van der Waals surface area contributed by atoms with Crippen molar-refractivity contribution in [2.24, 2.45) is 16.6 Å². The van der Waals surface area contributed by atoms with Gasteiger partial charge in [-0.15, -0.1) is 0 Å². The molecule has 2 heterocycles. The van der Waals surface area contributed by atoms with Gasteiger partial charge in [0.1, 0.15) is 10.9 Å². The van der Waals surface area contributed by atoms with Crippen LogP contribution in [0.3, 0.4) is 0 Å². The van der Waals surface area contributed by atoms with Crippen molar-refractivity contribution in [1.82, 2.24) is 20.0 Å². The highest BCUT2D eigenvalue weighted by Gasteiger charge is 2.32. The Morgan fingerprint density at radius 1 is 1.32 bits per heavy atom. The van der Waals surface area contributed by atoms with Crippen LogP contribution in [0, 0.1) is 23.0 Å². The summed E-state index contributed by atoms with van der Waals surface area (Å²) in [4.78, 5) is 45.6. The molecule has 1 aromatic carbocycles. The number of hydrogen-bond acceptors (Lipinski definition) is 9. The first kappa shape index (κ1) is 30.7. The number of piperidine rings is 1. The molecule has 2 aromatic rings. The number of guanidine groups is 1. The molecule has 3 rings (SSSR count). The highest BCUT2D eigenvalue weighted by molar-refractivity contribution is 7.89. The van der Waals surface area contributed by atoms with Crippen LogP contribution < -0.4 is 15.9 Å². The van der Waals surface area contributed by atoms with Crippen molar-refractivity contribution in [3.63, 3.8) is 0 Å². The third-order valence-corrected chi connectivity index (χ3v) is 8.02. The lowest BCUT2D eigenvalue weighted by Gasteiger charge is -2.34. The molecule has 218 valence electrons. The topological polar surface area (TPSA) is 199 Å². The lowest BCUT2D eigenvalue weighted by molar-refractivity contribution is -0.525. The Kier molecular flexibility index (Phi) is 10.7. The summed E-state index contributed by atoms with van der Waals surface area (Å²) in [5.74, 6) is -0.991. The molecule has 0 radical (unpaired) electrons. The molecular weight excluding hydrogens is 542 g/mol. The van der Waals surface area contributed by atoms with E-state index in [2.05, 4.69) is 14.7 Å². The zero-order chi connectivity index (χ0) is 29.3. The molecule has 14 nitrogen and oxygen atoms in total. The normalized spacial score (nSPS) is 15.6. The number of esters is 1. The highest BCUT2D eigenvalue weighted by Crippen LogP contribution is 2.24. The third-order valence-electron chi connectivity index (χ3n) is 6.52. The van der Waals surface area contributed by atoms with Gasteiger partial charge in [-0.05, 0) is 63.1 Å². The second-order valence-electron chi connectivity index (χ2n) is 9.57. The second-order valence-corrected chi connectivity index (χ2v) is 11.3. The van der Waals surface area contributed by atoms with Gasteiger partial charge in [0, 0.05) is 37.6 Å². The van der Waals surface area contributed by atoms with Crippen LogP contribution >= 0.6 is 0 Å². The summed E-state index contributed by atoms with van der Waals surface area (Å²) in [6.45, 7) is 4.68. The van der Waals surface area contributed by atoms with Crippen molar-refractivity contribution in [2.75, 3.05) is 26.2 Å². The fraction of sp³-hybridized carbons (Fsp3) is 0.520. The number of aryl methyl sites for hydroxylation is 1. The standard InChI is InChI=1S/C25H35N7O7S/c1-3-39-22(33)15-18-9-12-31(13-10-18)24(34)20(7-5-11-27-25(26)29-32(35)36)30-40(37,38)21-8-4-6-19-14-17(2)16-28-23(19)21/h4,6,8,14,16,18,20,30H,3,5,7,9-13,15H2,1-2H3,(H3,26,27,29)/t20-/m0/s1. The van der Waals surface area contributed by atoms with Crippen molar-refractivity contribution < 1.29 is 27.8 Å². The summed E-state index contributed by atoms with van der Waals surface area (Å²) < 4.78 is 34.6. The molecule has 15 heteroatoms. The maximum absolute atomic E-state index is 13.6. The Labute approximate surface area is 232 Å². The minimum absolute atomic E-state index is 0.0366. The molecule has 1 aliphatic rings. The molecular formula is C25H35N7O7S. The molecule has 0 bridgehead atoms. The van der Waals surface area contributed by atoms with E-state index in [0.29, 0.717) is 37.9 Å². The maximum Gasteiger partial charge on any atom is 0.306 e. The lowest BCUT2D eigenvalue weighted by Crippen LogP contribution is -2.50. The Bertz CT molecular complexity index is 1360. The zero-order valence-electron chi connectivity index (χ0n) is 22.5. The van der Waals surface area contributed by atoms with Gasteiger partial charge >= 0.3 is 5.97 Å². The van der Waals surface area contributed by atoms with Crippen LogP contribution in [0.5, 0.6) is 0 Å². The zero-order valence-corrected chi connectivity index (χ0v) is 23.4. The van der Waals surface area contributed by atoms with Crippen LogP contribution in [0.2, 0.25) is 0 Å². The van der Waals surface area contributed by atoms with E-state index in [1.54, 1.807) is 35.6 Å². The number of nitrogens with zero attached hydrogens (tertiary/aromatic N) is 4.